The number of nitrogens with zero attached hydrogens (tertiary/aromatic N) is 3. The number of aromatic nitrogens is 3. The van der Waals surface area contributed by atoms with Gasteiger partial charge in [0.05, 0.1) is 16.7 Å². The van der Waals surface area contributed by atoms with Crippen molar-refractivity contribution < 1.29 is 30.0 Å². The van der Waals surface area contributed by atoms with Gasteiger partial charge in [-0.1, -0.05) is 30.3 Å². The Morgan fingerprint density at radius 2 is 1.50 bits per heavy atom. The Bertz CT molecular complexity index is 1340. The molecule has 5 nitrogen and oxygen atoms in total. The second-order valence-corrected chi connectivity index (χ2v) is 8.80. The third kappa shape index (κ3) is 5.81. The van der Waals surface area contributed by atoms with Crippen molar-refractivity contribution in [1.82, 2.24) is 15.0 Å². The number of fused-ring (bicyclic) bond motifs is 1. The maximum atomic E-state index is 10.2. The molecule has 0 bridgehead atoms. The van der Waals surface area contributed by atoms with Gasteiger partial charge in [0.15, 0.2) is 0 Å². The van der Waals surface area contributed by atoms with Crippen molar-refractivity contribution in [2.45, 2.75) is 20.8 Å². The van der Waals surface area contributed by atoms with Gasteiger partial charge in [0.2, 0.25) is 5.01 Å². The fraction of sp³-hybridized carbons (Fsp3) is 0.111. The van der Waals surface area contributed by atoms with Crippen molar-refractivity contribution in [3.05, 3.63) is 100 Å². The minimum absolute atomic E-state index is 0. The van der Waals surface area contributed by atoms with Crippen LogP contribution in [-0.2, 0) is 20.1 Å². The van der Waals surface area contributed by atoms with E-state index in [4.69, 9.17) is 15.1 Å². The largest absolute Gasteiger partial charge is 0.476 e. The Kier molecular flexibility index (Phi) is 8.40. The van der Waals surface area contributed by atoms with E-state index in [9.17, 15) is 4.79 Å². The van der Waals surface area contributed by atoms with Crippen LogP contribution in [0.5, 0.6) is 0 Å². The number of thiazole rings is 1. The Labute approximate surface area is 215 Å². The van der Waals surface area contributed by atoms with Crippen LogP contribution >= 0.6 is 11.3 Å². The smallest absolute Gasteiger partial charge is 0.365 e. The molecule has 5 rings (SSSR count). The molecule has 0 unspecified atom stereocenters. The topological polar surface area (TPSA) is 76.0 Å². The van der Waals surface area contributed by atoms with Gasteiger partial charge in [0, 0.05) is 36.9 Å². The van der Waals surface area contributed by atoms with Gasteiger partial charge >= 0.3 is 5.97 Å². The molecule has 0 aliphatic carbocycles. The first-order valence-electron chi connectivity index (χ1n) is 10.4. The molecule has 1 N–H and O–H groups in total. The van der Waals surface area contributed by atoms with Gasteiger partial charge in [0.25, 0.3) is 0 Å². The Hall–Kier alpha value is -3.25. The molecule has 2 heterocycles. The first-order chi connectivity index (χ1) is 15.9. The molecule has 0 aliphatic heterocycles. The van der Waals surface area contributed by atoms with Crippen LogP contribution in [0, 0.1) is 26.8 Å². The summed E-state index contributed by atoms with van der Waals surface area (Å²) in [7, 11) is 0. The van der Waals surface area contributed by atoms with Gasteiger partial charge in [-0.05, 0) is 49.6 Å². The number of hydrogen-bond acceptors (Lipinski definition) is 5. The molecule has 173 valence electrons. The number of hydrogen-bond donors (Lipinski definition) is 1. The average molecular weight is 645 g/mol. The molecule has 1 radical (unpaired) electrons. The van der Waals surface area contributed by atoms with Gasteiger partial charge in [-0.15, -0.1) is 47.2 Å². The summed E-state index contributed by atoms with van der Waals surface area (Å²) < 4.78 is 0. The predicted octanol–water partition coefficient (Wildman–Crippen LogP) is 6.53. The second-order valence-electron chi connectivity index (χ2n) is 7.57. The van der Waals surface area contributed by atoms with Gasteiger partial charge < -0.3 is 5.11 Å². The van der Waals surface area contributed by atoms with E-state index in [0.717, 1.165) is 38.4 Å². The molecule has 34 heavy (non-hydrogen) atoms. The molecule has 0 amide bonds. The summed E-state index contributed by atoms with van der Waals surface area (Å²) in [6, 6.07) is 25.6. The number of benzene rings is 3. The summed E-state index contributed by atoms with van der Waals surface area (Å²) in [6.45, 7) is 6.04. The van der Waals surface area contributed by atoms with Crippen LogP contribution in [0.1, 0.15) is 25.8 Å². The van der Waals surface area contributed by atoms with E-state index in [1.54, 1.807) is 6.20 Å². The number of carboxylic acid groups (broad SMARTS) is 1. The molecule has 0 saturated carbocycles. The molecule has 0 atom stereocenters. The molecule has 0 aliphatic rings. The van der Waals surface area contributed by atoms with Crippen LogP contribution < -0.4 is 0 Å². The summed E-state index contributed by atoms with van der Waals surface area (Å²) in [6.07, 6.45) is 1.55. The van der Waals surface area contributed by atoms with Crippen LogP contribution in [0.3, 0.4) is 0 Å². The van der Waals surface area contributed by atoms with Gasteiger partial charge in [-0.25, -0.2) is 9.78 Å². The summed E-state index contributed by atoms with van der Waals surface area (Å²) >= 11 is 1.19. The van der Waals surface area contributed by atoms with E-state index in [1.165, 1.54) is 22.5 Å². The summed E-state index contributed by atoms with van der Waals surface area (Å²) in [5, 5.41) is 8.51. The fourth-order valence-corrected chi connectivity index (χ4v) is 3.89. The van der Waals surface area contributed by atoms with E-state index < -0.39 is 5.97 Å². The molecule has 0 fully saturated rings. The van der Waals surface area contributed by atoms with E-state index in [1.807, 2.05) is 49.4 Å². The van der Waals surface area contributed by atoms with Crippen LogP contribution in [0.4, 0.5) is 0 Å². The normalized spacial score (nSPS) is 10.2. The number of aromatic carboxylic acids is 1. The monoisotopic (exact) mass is 645 g/mol. The third-order valence-electron chi connectivity index (χ3n) is 5.10. The zero-order chi connectivity index (χ0) is 23.4. The van der Waals surface area contributed by atoms with Gasteiger partial charge in [0.1, 0.15) is 0 Å². The van der Waals surface area contributed by atoms with Crippen molar-refractivity contribution in [2.75, 3.05) is 0 Å². The first-order valence-corrected chi connectivity index (χ1v) is 11.2. The van der Waals surface area contributed by atoms with E-state index in [0.29, 0.717) is 0 Å². The maximum absolute atomic E-state index is 10.2. The fourth-order valence-electron chi connectivity index (χ4n) is 3.29. The molecule has 0 spiro atoms. The van der Waals surface area contributed by atoms with Crippen molar-refractivity contribution >= 4 is 28.3 Å². The summed E-state index contributed by atoms with van der Waals surface area (Å²) in [5.41, 5.74) is 8.11. The van der Waals surface area contributed by atoms with Crippen molar-refractivity contribution in [3.63, 3.8) is 0 Å². The first kappa shape index (κ1) is 25.4. The second kappa shape index (κ2) is 11.3. The van der Waals surface area contributed by atoms with E-state index in [-0.39, 0.29) is 25.1 Å². The Morgan fingerprint density at radius 1 is 0.882 bits per heavy atom. The SMILES string of the molecule is Cc1cc2nc(-c3[c-]cccc3)c(-c3ccccc3)nc2cc1C.Cc1cnc(C(=O)O)s1.[Ir]. The summed E-state index contributed by atoms with van der Waals surface area (Å²) in [5.74, 6) is -0.951. The molecular formula is C27H22IrN3O2S-. The summed E-state index contributed by atoms with van der Waals surface area (Å²) in [4.78, 5) is 24.6. The number of rotatable bonds is 3. The molecule has 2 aromatic heterocycles. The minimum Gasteiger partial charge on any atom is -0.476 e. The predicted molar refractivity (Wildman–Crippen MR) is 133 cm³/mol. The van der Waals surface area contributed by atoms with Crippen LogP contribution in [0.15, 0.2) is 72.9 Å². The van der Waals surface area contributed by atoms with Crippen molar-refractivity contribution in [2.24, 2.45) is 0 Å². The van der Waals surface area contributed by atoms with Crippen LogP contribution in [-0.4, -0.2) is 26.0 Å². The zero-order valence-corrected chi connectivity index (χ0v) is 22.1. The number of carboxylic acids is 1. The molecule has 3 aromatic carbocycles. The molecular weight excluding hydrogens is 623 g/mol. The number of aryl methyl sites for hydroxylation is 3. The Balaban J connectivity index is 0.000000275. The average Bonchev–Trinajstić information content (AvgIpc) is 3.27. The van der Waals surface area contributed by atoms with E-state index in [2.05, 4.69) is 49.2 Å². The van der Waals surface area contributed by atoms with Crippen LogP contribution in [0.2, 0.25) is 0 Å². The van der Waals surface area contributed by atoms with Crippen LogP contribution in [0.25, 0.3) is 33.5 Å². The zero-order valence-electron chi connectivity index (χ0n) is 18.9. The van der Waals surface area contributed by atoms with E-state index >= 15 is 0 Å². The maximum Gasteiger partial charge on any atom is 0.365 e. The standard InChI is InChI=1S/C22H17N2.C5H5NO2S.Ir/c1-15-13-19-20(14-16(15)2)24-22(18-11-7-4-8-12-18)21(23-19)17-9-5-3-6-10-17;1-3-2-6-4(9-3)5(7)8;/h3-11,13-14H,1-2H3;2H,1H3,(H,7,8);/q-1;;. The third-order valence-corrected chi connectivity index (χ3v) is 6.00. The van der Waals surface area contributed by atoms with Crippen molar-refractivity contribution in [1.29, 1.82) is 0 Å². The number of carbonyl (C=O) groups is 1. The van der Waals surface area contributed by atoms with Gasteiger partial charge in [-0.2, -0.15) is 0 Å². The van der Waals surface area contributed by atoms with Gasteiger partial charge in [-0.3, -0.25) is 9.97 Å². The minimum atomic E-state index is -0.951. The molecule has 5 aromatic rings. The van der Waals surface area contributed by atoms with Crippen molar-refractivity contribution in [3.8, 4) is 22.5 Å². The molecule has 7 heteroatoms. The Morgan fingerprint density at radius 3 is 2.00 bits per heavy atom. The quantitative estimate of drug-likeness (QED) is 0.226. The molecule has 0 saturated heterocycles.